The standard InChI is InChI=1S/C18H15BrN2O/c1-2-13-8-9-17(16(19)11-13)21-18(22)15(12-20)10-14-6-4-3-5-7-14/h3-11H,2H2,1H3,(H,21,22)/b15-10+. The monoisotopic (exact) mass is 354 g/mol. The quantitative estimate of drug-likeness (QED) is 0.646. The van der Waals surface area contributed by atoms with E-state index < -0.39 is 5.91 Å². The highest BCUT2D eigenvalue weighted by molar-refractivity contribution is 9.10. The molecule has 2 rings (SSSR count). The van der Waals surface area contributed by atoms with Gasteiger partial charge in [-0.3, -0.25) is 4.79 Å². The maximum Gasteiger partial charge on any atom is 0.266 e. The minimum absolute atomic E-state index is 0.0673. The highest BCUT2D eigenvalue weighted by atomic mass is 79.9. The van der Waals surface area contributed by atoms with Crippen LogP contribution in [0.15, 0.2) is 58.6 Å². The number of amides is 1. The number of nitriles is 1. The van der Waals surface area contributed by atoms with Crippen molar-refractivity contribution >= 4 is 33.6 Å². The number of halogens is 1. The number of carbonyl (C=O) groups is 1. The highest BCUT2D eigenvalue weighted by Crippen LogP contribution is 2.24. The molecule has 0 fully saturated rings. The maximum atomic E-state index is 12.2. The number of nitrogens with zero attached hydrogens (tertiary/aromatic N) is 1. The van der Waals surface area contributed by atoms with Crippen LogP contribution in [0.1, 0.15) is 18.1 Å². The summed E-state index contributed by atoms with van der Waals surface area (Å²) in [5.74, 6) is -0.420. The topological polar surface area (TPSA) is 52.9 Å². The predicted molar refractivity (Wildman–Crippen MR) is 92.2 cm³/mol. The third kappa shape index (κ3) is 4.06. The summed E-state index contributed by atoms with van der Waals surface area (Å²) in [5, 5.41) is 12.0. The highest BCUT2D eigenvalue weighted by Gasteiger charge is 2.11. The fraction of sp³-hybridized carbons (Fsp3) is 0.111. The molecule has 0 aromatic heterocycles. The molecule has 0 saturated carbocycles. The van der Waals surface area contributed by atoms with E-state index in [2.05, 4.69) is 28.2 Å². The fourth-order valence-electron chi connectivity index (χ4n) is 1.93. The Morgan fingerprint density at radius 1 is 1.27 bits per heavy atom. The molecule has 0 atom stereocenters. The molecule has 3 nitrogen and oxygen atoms in total. The van der Waals surface area contributed by atoms with Crippen molar-refractivity contribution < 1.29 is 4.79 Å². The molecule has 22 heavy (non-hydrogen) atoms. The first kappa shape index (κ1) is 16.0. The molecule has 0 spiro atoms. The van der Waals surface area contributed by atoms with Crippen LogP contribution in [0.5, 0.6) is 0 Å². The largest absolute Gasteiger partial charge is 0.320 e. The summed E-state index contributed by atoms with van der Waals surface area (Å²) in [5.41, 5.74) is 2.70. The van der Waals surface area contributed by atoms with Crippen LogP contribution < -0.4 is 5.32 Å². The molecule has 0 aliphatic heterocycles. The maximum absolute atomic E-state index is 12.2. The van der Waals surface area contributed by atoms with Gasteiger partial charge < -0.3 is 5.32 Å². The molecule has 0 aliphatic rings. The van der Waals surface area contributed by atoms with Gasteiger partial charge in [0.25, 0.3) is 5.91 Å². The van der Waals surface area contributed by atoms with E-state index in [0.29, 0.717) is 5.69 Å². The van der Waals surface area contributed by atoms with Gasteiger partial charge in [0.2, 0.25) is 0 Å². The lowest BCUT2D eigenvalue weighted by molar-refractivity contribution is -0.112. The van der Waals surface area contributed by atoms with Gasteiger partial charge in [0.05, 0.1) is 5.69 Å². The van der Waals surface area contributed by atoms with Crippen molar-refractivity contribution in [2.45, 2.75) is 13.3 Å². The second-order valence-corrected chi connectivity index (χ2v) is 5.56. The average Bonchev–Trinajstić information content (AvgIpc) is 2.55. The molecule has 1 amide bonds. The van der Waals surface area contributed by atoms with Crippen molar-refractivity contribution in [2.24, 2.45) is 0 Å². The lowest BCUT2D eigenvalue weighted by atomic mass is 10.1. The van der Waals surface area contributed by atoms with Gasteiger partial charge in [-0.15, -0.1) is 0 Å². The Kier molecular flexibility index (Phi) is 5.51. The first-order valence-corrected chi connectivity index (χ1v) is 7.70. The van der Waals surface area contributed by atoms with Gasteiger partial charge in [0.15, 0.2) is 0 Å². The number of hydrogen-bond donors (Lipinski definition) is 1. The van der Waals surface area contributed by atoms with Crippen LogP contribution in [0.2, 0.25) is 0 Å². The van der Waals surface area contributed by atoms with Crippen LogP contribution in [0.3, 0.4) is 0 Å². The summed E-state index contributed by atoms with van der Waals surface area (Å²) in [6.07, 6.45) is 2.49. The van der Waals surface area contributed by atoms with E-state index in [1.807, 2.05) is 54.6 Å². The van der Waals surface area contributed by atoms with Crippen molar-refractivity contribution in [3.05, 3.63) is 69.7 Å². The van der Waals surface area contributed by atoms with Crippen LogP contribution >= 0.6 is 15.9 Å². The van der Waals surface area contributed by atoms with Gasteiger partial charge in [-0.25, -0.2) is 0 Å². The van der Waals surface area contributed by atoms with Crippen LogP contribution in [0, 0.1) is 11.3 Å². The molecule has 110 valence electrons. The van der Waals surface area contributed by atoms with Crippen molar-refractivity contribution in [2.75, 3.05) is 5.32 Å². The Labute approximate surface area is 138 Å². The van der Waals surface area contributed by atoms with Gasteiger partial charge in [-0.2, -0.15) is 5.26 Å². The summed E-state index contributed by atoms with van der Waals surface area (Å²) in [7, 11) is 0. The van der Waals surface area contributed by atoms with Crippen molar-refractivity contribution in [1.82, 2.24) is 0 Å². The third-order valence-electron chi connectivity index (χ3n) is 3.17. The normalized spacial score (nSPS) is 10.9. The molecule has 0 unspecified atom stereocenters. The van der Waals surface area contributed by atoms with E-state index in [9.17, 15) is 10.1 Å². The molecule has 2 aromatic rings. The van der Waals surface area contributed by atoms with Gasteiger partial charge >= 0.3 is 0 Å². The first-order valence-electron chi connectivity index (χ1n) is 6.90. The summed E-state index contributed by atoms with van der Waals surface area (Å²) in [6, 6.07) is 17.0. The molecule has 0 heterocycles. The summed E-state index contributed by atoms with van der Waals surface area (Å²) >= 11 is 3.44. The summed E-state index contributed by atoms with van der Waals surface area (Å²) in [6.45, 7) is 2.07. The molecule has 0 aliphatic carbocycles. The Bertz CT molecular complexity index is 745. The smallest absolute Gasteiger partial charge is 0.266 e. The van der Waals surface area contributed by atoms with E-state index in [0.717, 1.165) is 16.5 Å². The molecule has 4 heteroatoms. The van der Waals surface area contributed by atoms with Gasteiger partial charge in [-0.05, 0) is 51.7 Å². The Morgan fingerprint density at radius 2 is 2.00 bits per heavy atom. The zero-order chi connectivity index (χ0) is 15.9. The van der Waals surface area contributed by atoms with Crippen molar-refractivity contribution in [1.29, 1.82) is 5.26 Å². The average molecular weight is 355 g/mol. The van der Waals surface area contributed by atoms with E-state index in [1.165, 1.54) is 5.56 Å². The Morgan fingerprint density at radius 3 is 2.59 bits per heavy atom. The Balaban J connectivity index is 2.20. The molecule has 0 radical (unpaired) electrons. The number of rotatable bonds is 4. The molecule has 2 aromatic carbocycles. The number of nitrogens with one attached hydrogen (secondary N) is 1. The van der Waals surface area contributed by atoms with E-state index in [-0.39, 0.29) is 5.57 Å². The molecule has 0 saturated heterocycles. The fourth-order valence-corrected chi connectivity index (χ4v) is 2.46. The van der Waals surface area contributed by atoms with Gasteiger partial charge in [0.1, 0.15) is 11.6 Å². The molecular weight excluding hydrogens is 340 g/mol. The summed E-state index contributed by atoms with van der Waals surface area (Å²) < 4.78 is 0.803. The molecule has 1 N–H and O–H groups in total. The minimum atomic E-state index is -0.420. The SMILES string of the molecule is CCc1ccc(NC(=O)/C(C#N)=C/c2ccccc2)c(Br)c1. The van der Waals surface area contributed by atoms with Crippen molar-refractivity contribution in [3.8, 4) is 6.07 Å². The number of hydrogen-bond acceptors (Lipinski definition) is 2. The second kappa shape index (κ2) is 7.58. The number of benzene rings is 2. The molecular formula is C18H15BrN2O. The first-order chi connectivity index (χ1) is 10.6. The number of carbonyl (C=O) groups excluding carboxylic acids is 1. The lowest BCUT2D eigenvalue weighted by Gasteiger charge is -2.08. The zero-order valence-electron chi connectivity index (χ0n) is 12.1. The van der Waals surface area contributed by atoms with Gasteiger partial charge in [0, 0.05) is 4.47 Å². The van der Waals surface area contributed by atoms with E-state index in [1.54, 1.807) is 6.08 Å². The van der Waals surface area contributed by atoms with Crippen LogP contribution in [-0.2, 0) is 11.2 Å². The third-order valence-corrected chi connectivity index (χ3v) is 3.82. The zero-order valence-corrected chi connectivity index (χ0v) is 13.7. The second-order valence-electron chi connectivity index (χ2n) is 4.70. The van der Waals surface area contributed by atoms with Crippen LogP contribution in [-0.4, -0.2) is 5.91 Å². The predicted octanol–water partition coefficient (Wildman–Crippen LogP) is 4.56. The Hall–Kier alpha value is -2.38. The van der Waals surface area contributed by atoms with Gasteiger partial charge in [-0.1, -0.05) is 43.3 Å². The minimum Gasteiger partial charge on any atom is -0.320 e. The number of anilines is 1. The van der Waals surface area contributed by atoms with Crippen LogP contribution in [0.4, 0.5) is 5.69 Å². The number of aryl methyl sites for hydroxylation is 1. The lowest BCUT2D eigenvalue weighted by Crippen LogP contribution is -2.13. The van der Waals surface area contributed by atoms with Crippen LogP contribution in [0.25, 0.3) is 6.08 Å². The molecule has 0 bridgehead atoms. The van der Waals surface area contributed by atoms with Crippen molar-refractivity contribution in [3.63, 3.8) is 0 Å². The van der Waals surface area contributed by atoms with E-state index in [4.69, 9.17) is 0 Å². The summed E-state index contributed by atoms with van der Waals surface area (Å²) in [4.78, 5) is 12.2. The van der Waals surface area contributed by atoms with E-state index >= 15 is 0 Å².